The van der Waals surface area contributed by atoms with Gasteiger partial charge in [0.05, 0.1) is 15.6 Å². The minimum absolute atomic E-state index is 0.0882. The van der Waals surface area contributed by atoms with Gasteiger partial charge in [0.15, 0.2) is 0 Å². The molecule has 0 aliphatic heterocycles. The molecule has 0 saturated heterocycles. The molecule has 27 heavy (non-hydrogen) atoms. The third-order valence-corrected chi connectivity index (χ3v) is 6.18. The van der Waals surface area contributed by atoms with Crippen molar-refractivity contribution < 1.29 is 17.6 Å². The highest BCUT2D eigenvalue weighted by atomic mass is 35.5. The largest absolute Gasteiger partial charge is 0.374 e. The molecule has 2 aromatic rings. The summed E-state index contributed by atoms with van der Waals surface area (Å²) in [5.74, 6) is -0.903. The van der Waals surface area contributed by atoms with Crippen molar-refractivity contribution in [2.45, 2.75) is 24.8 Å². The second-order valence-electron chi connectivity index (χ2n) is 6.25. The van der Waals surface area contributed by atoms with Crippen LogP contribution in [0.2, 0.25) is 5.02 Å². The molecule has 0 aliphatic rings. The average Bonchev–Trinajstić information content (AvgIpc) is 2.58. The molecule has 0 aliphatic carbocycles. The summed E-state index contributed by atoms with van der Waals surface area (Å²) in [5, 5.41) is 5.65. The van der Waals surface area contributed by atoms with E-state index >= 15 is 0 Å². The third-order valence-electron chi connectivity index (χ3n) is 3.91. The number of rotatable bonds is 6. The van der Waals surface area contributed by atoms with Gasteiger partial charge in [-0.15, -0.1) is 0 Å². The summed E-state index contributed by atoms with van der Waals surface area (Å²) >= 11 is 5.91. The van der Waals surface area contributed by atoms with Gasteiger partial charge < -0.3 is 10.6 Å². The Balaban J connectivity index is 2.18. The molecule has 9 heteroatoms. The SMILES string of the molecule is Cc1ccc(N[C@@H](C)C(=O)Nc2ccc(F)cc2Cl)cc1S(=O)(=O)N(C)C. The summed E-state index contributed by atoms with van der Waals surface area (Å²) in [6.45, 7) is 3.32. The zero-order valence-corrected chi connectivity index (χ0v) is 17.0. The molecule has 0 unspecified atom stereocenters. The van der Waals surface area contributed by atoms with Crippen molar-refractivity contribution in [2.24, 2.45) is 0 Å². The lowest BCUT2D eigenvalue weighted by atomic mass is 10.2. The van der Waals surface area contributed by atoms with Gasteiger partial charge >= 0.3 is 0 Å². The van der Waals surface area contributed by atoms with Crippen molar-refractivity contribution in [3.05, 3.63) is 52.8 Å². The highest BCUT2D eigenvalue weighted by Gasteiger charge is 2.21. The predicted octanol–water partition coefficient (Wildman–Crippen LogP) is 3.48. The molecule has 146 valence electrons. The summed E-state index contributed by atoms with van der Waals surface area (Å²) in [7, 11) is -0.693. The molecular formula is C18H21ClFN3O3S. The van der Waals surface area contributed by atoms with Crippen LogP contribution in [0, 0.1) is 12.7 Å². The maximum atomic E-state index is 13.1. The molecule has 0 fully saturated rings. The van der Waals surface area contributed by atoms with Crippen LogP contribution < -0.4 is 10.6 Å². The Hall–Kier alpha value is -2.16. The van der Waals surface area contributed by atoms with E-state index in [9.17, 15) is 17.6 Å². The second-order valence-corrected chi connectivity index (χ2v) is 8.77. The van der Waals surface area contributed by atoms with Crippen LogP contribution in [0.15, 0.2) is 41.3 Å². The fraction of sp³-hybridized carbons (Fsp3) is 0.278. The van der Waals surface area contributed by atoms with Crippen LogP contribution >= 0.6 is 11.6 Å². The first-order valence-corrected chi connectivity index (χ1v) is 9.90. The predicted molar refractivity (Wildman–Crippen MR) is 105 cm³/mol. The second kappa shape index (κ2) is 8.24. The molecule has 0 spiro atoms. The number of hydrogen-bond acceptors (Lipinski definition) is 4. The number of nitrogens with one attached hydrogen (secondary N) is 2. The number of anilines is 2. The van der Waals surface area contributed by atoms with E-state index < -0.39 is 27.8 Å². The van der Waals surface area contributed by atoms with Crippen LogP contribution in [0.4, 0.5) is 15.8 Å². The minimum Gasteiger partial charge on any atom is -0.374 e. The molecule has 0 heterocycles. The van der Waals surface area contributed by atoms with Crippen LogP contribution in [0.5, 0.6) is 0 Å². The maximum absolute atomic E-state index is 13.1. The van der Waals surface area contributed by atoms with E-state index in [1.165, 1.54) is 32.3 Å². The van der Waals surface area contributed by atoms with Crippen LogP contribution in [0.1, 0.15) is 12.5 Å². The minimum atomic E-state index is -3.60. The van der Waals surface area contributed by atoms with E-state index in [4.69, 9.17) is 11.6 Å². The van der Waals surface area contributed by atoms with Gasteiger partial charge in [0.1, 0.15) is 11.9 Å². The molecule has 0 aromatic heterocycles. The highest BCUT2D eigenvalue weighted by Crippen LogP contribution is 2.24. The molecule has 0 bridgehead atoms. The van der Waals surface area contributed by atoms with Crippen LogP contribution in [0.25, 0.3) is 0 Å². The van der Waals surface area contributed by atoms with Gasteiger partial charge in [-0.2, -0.15) is 0 Å². The molecule has 2 aromatic carbocycles. The van der Waals surface area contributed by atoms with Crippen molar-refractivity contribution >= 4 is 38.9 Å². The van der Waals surface area contributed by atoms with Gasteiger partial charge in [-0.1, -0.05) is 17.7 Å². The lowest BCUT2D eigenvalue weighted by Gasteiger charge is -2.18. The first-order valence-electron chi connectivity index (χ1n) is 8.08. The zero-order valence-electron chi connectivity index (χ0n) is 15.4. The Labute approximate surface area is 163 Å². The molecule has 1 atom stereocenters. The van der Waals surface area contributed by atoms with Gasteiger partial charge in [0.2, 0.25) is 15.9 Å². The lowest BCUT2D eigenvalue weighted by Crippen LogP contribution is -2.32. The molecule has 2 rings (SSSR count). The highest BCUT2D eigenvalue weighted by molar-refractivity contribution is 7.89. The summed E-state index contributed by atoms with van der Waals surface area (Å²) in [4.78, 5) is 12.5. The molecule has 6 nitrogen and oxygen atoms in total. The van der Waals surface area contributed by atoms with E-state index in [1.54, 1.807) is 26.0 Å². The maximum Gasteiger partial charge on any atom is 0.246 e. The number of halogens is 2. The molecule has 2 N–H and O–H groups in total. The number of aryl methyl sites for hydroxylation is 1. The lowest BCUT2D eigenvalue weighted by molar-refractivity contribution is -0.116. The van der Waals surface area contributed by atoms with Gasteiger partial charge in [-0.25, -0.2) is 17.1 Å². The van der Waals surface area contributed by atoms with Gasteiger partial charge in [0, 0.05) is 19.8 Å². The smallest absolute Gasteiger partial charge is 0.246 e. The molecule has 1 amide bonds. The van der Waals surface area contributed by atoms with Gasteiger partial charge in [0.25, 0.3) is 0 Å². The number of carbonyl (C=O) groups excluding carboxylic acids is 1. The first kappa shape index (κ1) is 21.1. The topological polar surface area (TPSA) is 78.5 Å². The van der Waals surface area contributed by atoms with E-state index in [-0.39, 0.29) is 15.6 Å². The molecule has 0 saturated carbocycles. The van der Waals surface area contributed by atoms with Crippen molar-refractivity contribution in [3.63, 3.8) is 0 Å². The molecular weight excluding hydrogens is 393 g/mol. The van der Waals surface area contributed by atoms with Crippen LogP contribution in [-0.2, 0) is 14.8 Å². The first-order chi connectivity index (χ1) is 12.5. The molecule has 0 radical (unpaired) electrons. The summed E-state index contributed by atoms with van der Waals surface area (Å²) in [6.07, 6.45) is 0. The van der Waals surface area contributed by atoms with Crippen molar-refractivity contribution in [1.82, 2.24) is 4.31 Å². The summed E-state index contributed by atoms with van der Waals surface area (Å²) in [6, 6.07) is 7.82. The Morgan fingerprint density at radius 3 is 2.44 bits per heavy atom. The summed E-state index contributed by atoms with van der Waals surface area (Å²) < 4.78 is 39.0. The Kier molecular flexibility index (Phi) is 6.46. The fourth-order valence-electron chi connectivity index (χ4n) is 2.31. The fourth-order valence-corrected chi connectivity index (χ4v) is 3.67. The number of hydrogen-bond donors (Lipinski definition) is 2. The normalized spacial score (nSPS) is 12.7. The van der Waals surface area contributed by atoms with E-state index in [0.717, 1.165) is 10.4 Å². The Bertz CT molecular complexity index is 964. The van der Waals surface area contributed by atoms with Crippen molar-refractivity contribution in [3.8, 4) is 0 Å². The summed E-state index contributed by atoms with van der Waals surface area (Å²) in [5.41, 5.74) is 1.37. The number of carbonyl (C=O) groups is 1. The van der Waals surface area contributed by atoms with Crippen LogP contribution in [-0.4, -0.2) is 38.8 Å². The quantitative estimate of drug-likeness (QED) is 0.760. The van der Waals surface area contributed by atoms with Crippen LogP contribution in [0.3, 0.4) is 0 Å². The van der Waals surface area contributed by atoms with E-state index in [0.29, 0.717) is 11.3 Å². The van der Waals surface area contributed by atoms with Crippen molar-refractivity contribution in [1.29, 1.82) is 0 Å². The van der Waals surface area contributed by atoms with Gasteiger partial charge in [-0.05, 0) is 49.7 Å². The number of sulfonamides is 1. The average molecular weight is 414 g/mol. The Morgan fingerprint density at radius 1 is 1.19 bits per heavy atom. The zero-order chi connectivity index (χ0) is 20.4. The van der Waals surface area contributed by atoms with E-state index in [1.807, 2.05) is 0 Å². The van der Waals surface area contributed by atoms with Gasteiger partial charge in [-0.3, -0.25) is 4.79 Å². The number of benzene rings is 2. The Morgan fingerprint density at radius 2 is 1.85 bits per heavy atom. The number of amides is 1. The monoisotopic (exact) mass is 413 g/mol. The number of nitrogens with zero attached hydrogens (tertiary/aromatic N) is 1. The van der Waals surface area contributed by atoms with E-state index in [2.05, 4.69) is 10.6 Å². The van der Waals surface area contributed by atoms with Crippen molar-refractivity contribution in [2.75, 3.05) is 24.7 Å². The third kappa shape index (κ3) is 4.97. The standard InChI is InChI=1S/C18H21ClFN3O3S/c1-11-5-7-14(10-17(11)27(25,26)23(3)4)21-12(2)18(24)22-16-8-6-13(20)9-15(16)19/h5-10,12,21H,1-4H3,(H,22,24)/t12-/m0/s1.